The van der Waals surface area contributed by atoms with Gasteiger partial charge in [0.2, 0.25) is 10.0 Å². The molecule has 0 spiro atoms. The van der Waals surface area contributed by atoms with Gasteiger partial charge in [-0.05, 0) is 16.3 Å². The minimum atomic E-state index is -3.29. The number of morpholine rings is 1. The van der Waals surface area contributed by atoms with Crippen molar-refractivity contribution in [2.75, 3.05) is 32.6 Å². The molecule has 0 saturated carbocycles. The third kappa shape index (κ3) is 2.65. The van der Waals surface area contributed by atoms with Crippen LogP contribution in [0.3, 0.4) is 0 Å². The largest absolute Gasteiger partial charge is 0.370 e. The number of rotatable bonds is 3. The fourth-order valence-electron chi connectivity index (χ4n) is 4.04. The van der Waals surface area contributed by atoms with Crippen molar-refractivity contribution in [1.82, 2.24) is 4.72 Å². The predicted molar refractivity (Wildman–Crippen MR) is 88.9 cm³/mol. The Hall–Kier alpha value is -1.47. The minimum Gasteiger partial charge on any atom is -0.370 e. The second-order valence-electron chi connectivity index (χ2n) is 6.41. The van der Waals surface area contributed by atoms with E-state index < -0.39 is 10.0 Å². The summed E-state index contributed by atoms with van der Waals surface area (Å²) >= 11 is 0. The SMILES string of the molecule is CS(=O)(=O)N[C@@H]1c2cccc3cccc(c23)[C@H]1[NH+]1CCOCC1. The molecule has 0 bridgehead atoms. The first kappa shape index (κ1) is 15.1. The van der Waals surface area contributed by atoms with Crippen LogP contribution in [0.15, 0.2) is 36.4 Å². The van der Waals surface area contributed by atoms with Gasteiger partial charge in [-0.3, -0.25) is 0 Å². The van der Waals surface area contributed by atoms with Crippen molar-refractivity contribution in [2.45, 2.75) is 12.1 Å². The van der Waals surface area contributed by atoms with Gasteiger partial charge in [0.05, 0.1) is 19.5 Å². The quantitative estimate of drug-likeness (QED) is 0.855. The Kier molecular flexibility index (Phi) is 3.65. The molecule has 2 aromatic carbocycles. The van der Waals surface area contributed by atoms with Gasteiger partial charge in [-0.2, -0.15) is 0 Å². The van der Waals surface area contributed by atoms with E-state index in [2.05, 4.69) is 35.1 Å². The fourth-order valence-corrected chi connectivity index (χ4v) is 4.76. The van der Waals surface area contributed by atoms with Gasteiger partial charge in [0.15, 0.2) is 0 Å². The second kappa shape index (κ2) is 5.56. The lowest BCUT2D eigenvalue weighted by Crippen LogP contribution is -3.14. The molecule has 4 rings (SSSR count). The first-order valence-electron chi connectivity index (χ1n) is 7.96. The van der Waals surface area contributed by atoms with E-state index in [1.54, 1.807) is 0 Å². The van der Waals surface area contributed by atoms with E-state index in [1.165, 1.54) is 27.5 Å². The Bertz CT molecular complexity index is 839. The zero-order valence-corrected chi connectivity index (χ0v) is 13.9. The zero-order valence-electron chi connectivity index (χ0n) is 13.1. The lowest BCUT2D eigenvalue weighted by molar-refractivity contribution is -0.940. The highest BCUT2D eigenvalue weighted by Crippen LogP contribution is 2.42. The van der Waals surface area contributed by atoms with Gasteiger partial charge in [-0.25, -0.2) is 13.1 Å². The van der Waals surface area contributed by atoms with Crippen LogP contribution in [0.4, 0.5) is 0 Å². The number of quaternary nitrogens is 1. The van der Waals surface area contributed by atoms with Gasteiger partial charge in [0.1, 0.15) is 25.2 Å². The van der Waals surface area contributed by atoms with Crippen LogP contribution in [-0.4, -0.2) is 41.0 Å². The van der Waals surface area contributed by atoms with E-state index in [-0.39, 0.29) is 12.1 Å². The van der Waals surface area contributed by atoms with Crippen molar-refractivity contribution in [3.8, 4) is 0 Å². The summed E-state index contributed by atoms with van der Waals surface area (Å²) in [6.45, 7) is 3.25. The van der Waals surface area contributed by atoms with Crippen LogP contribution in [-0.2, 0) is 14.8 Å². The summed E-state index contributed by atoms with van der Waals surface area (Å²) in [6.07, 6.45) is 1.24. The standard InChI is InChI=1S/C17H20N2O3S/c1-23(20,21)18-16-13-6-2-4-12-5-3-7-14(15(12)13)17(16)19-8-10-22-11-9-19/h2-7,16-18H,8-11H2,1H3/p+1/t16-,17-/m1/s1. The number of hydrogen-bond donors (Lipinski definition) is 2. The average molecular weight is 333 g/mol. The summed E-state index contributed by atoms with van der Waals surface area (Å²) in [7, 11) is -3.29. The lowest BCUT2D eigenvalue weighted by Gasteiger charge is -2.33. The Balaban J connectivity index is 1.87. The maximum Gasteiger partial charge on any atom is 0.209 e. The Morgan fingerprint density at radius 3 is 2.39 bits per heavy atom. The van der Waals surface area contributed by atoms with Crippen LogP contribution >= 0.6 is 0 Å². The summed E-state index contributed by atoms with van der Waals surface area (Å²) in [5.74, 6) is 0. The van der Waals surface area contributed by atoms with Crippen LogP contribution in [0.2, 0.25) is 0 Å². The number of hydrogen-bond acceptors (Lipinski definition) is 3. The summed E-state index contributed by atoms with van der Waals surface area (Å²) in [5, 5.41) is 2.38. The molecule has 2 atom stereocenters. The molecule has 1 aliphatic carbocycles. The highest BCUT2D eigenvalue weighted by molar-refractivity contribution is 7.88. The van der Waals surface area contributed by atoms with Gasteiger partial charge in [-0.15, -0.1) is 0 Å². The lowest BCUT2D eigenvalue weighted by atomic mass is 10.0. The molecule has 0 aromatic heterocycles. The van der Waals surface area contributed by atoms with E-state index in [0.29, 0.717) is 0 Å². The zero-order chi connectivity index (χ0) is 16.0. The van der Waals surface area contributed by atoms with Gasteiger partial charge in [0, 0.05) is 5.56 Å². The molecule has 1 saturated heterocycles. The molecule has 122 valence electrons. The van der Waals surface area contributed by atoms with Crippen LogP contribution in [0.5, 0.6) is 0 Å². The van der Waals surface area contributed by atoms with Crippen molar-refractivity contribution < 1.29 is 18.1 Å². The van der Waals surface area contributed by atoms with Crippen molar-refractivity contribution in [3.05, 3.63) is 47.5 Å². The summed E-state index contributed by atoms with van der Waals surface area (Å²) in [4.78, 5) is 1.39. The molecular formula is C17H21N2O3S+. The Morgan fingerprint density at radius 2 is 1.74 bits per heavy atom. The molecule has 0 radical (unpaired) electrons. The van der Waals surface area contributed by atoms with E-state index >= 15 is 0 Å². The van der Waals surface area contributed by atoms with E-state index in [4.69, 9.17) is 4.74 Å². The maximum atomic E-state index is 11.9. The van der Waals surface area contributed by atoms with Crippen LogP contribution in [0, 0.1) is 0 Å². The summed E-state index contributed by atoms with van der Waals surface area (Å²) < 4.78 is 32.3. The molecule has 1 fully saturated rings. The summed E-state index contributed by atoms with van der Waals surface area (Å²) in [5.41, 5.74) is 2.34. The Labute approximate surface area is 136 Å². The normalized spacial score (nSPS) is 25.1. The highest BCUT2D eigenvalue weighted by Gasteiger charge is 2.42. The van der Waals surface area contributed by atoms with Crippen molar-refractivity contribution in [1.29, 1.82) is 0 Å². The third-order valence-corrected chi connectivity index (χ3v) is 5.57. The fraction of sp³-hybridized carbons (Fsp3) is 0.412. The van der Waals surface area contributed by atoms with E-state index in [9.17, 15) is 8.42 Å². The van der Waals surface area contributed by atoms with Crippen LogP contribution in [0.25, 0.3) is 10.8 Å². The topological polar surface area (TPSA) is 59.8 Å². The maximum absolute atomic E-state index is 11.9. The van der Waals surface area contributed by atoms with Gasteiger partial charge in [0.25, 0.3) is 0 Å². The minimum absolute atomic E-state index is 0.106. The predicted octanol–water partition coefficient (Wildman–Crippen LogP) is 0.400. The molecule has 5 nitrogen and oxygen atoms in total. The number of sulfonamides is 1. The first-order chi connectivity index (χ1) is 11.0. The molecule has 6 heteroatoms. The molecular weight excluding hydrogens is 312 g/mol. The van der Waals surface area contributed by atoms with Crippen molar-refractivity contribution in [3.63, 3.8) is 0 Å². The van der Waals surface area contributed by atoms with E-state index in [1.807, 2.05) is 6.07 Å². The third-order valence-electron chi connectivity index (χ3n) is 4.89. The number of ether oxygens (including phenoxy) is 1. The molecule has 23 heavy (non-hydrogen) atoms. The van der Waals surface area contributed by atoms with Gasteiger partial charge in [-0.1, -0.05) is 36.4 Å². The van der Waals surface area contributed by atoms with Crippen LogP contribution in [0.1, 0.15) is 23.2 Å². The number of benzene rings is 2. The molecule has 2 aliphatic rings. The first-order valence-corrected chi connectivity index (χ1v) is 9.85. The smallest absolute Gasteiger partial charge is 0.209 e. The molecule has 2 aromatic rings. The van der Waals surface area contributed by atoms with Crippen molar-refractivity contribution >= 4 is 20.8 Å². The summed E-state index contributed by atoms with van der Waals surface area (Å²) in [6, 6.07) is 12.4. The Morgan fingerprint density at radius 1 is 1.09 bits per heavy atom. The van der Waals surface area contributed by atoms with Crippen LogP contribution < -0.4 is 9.62 Å². The average Bonchev–Trinajstić information content (AvgIpc) is 2.83. The van der Waals surface area contributed by atoms with Gasteiger partial charge >= 0.3 is 0 Å². The van der Waals surface area contributed by atoms with Crippen molar-refractivity contribution in [2.24, 2.45) is 0 Å². The number of nitrogens with one attached hydrogen (secondary N) is 2. The molecule has 0 unspecified atom stereocenters. The monoisotopic (exact) mass is 333 g/mol. The molecule has 2 N–H and O–H groups in total. The molecule has 1 aliphatic heterocycles. The molecule has 0 amide bonds. The second-order valence-corrected chi connectivity index (χ2v) is 8.19. The highest BCUT2D eigenvalue weighted by atomic mass is 32.2. The van der Waals surface area contributed by atoms with Gasteiger partial charge < -0.3 is 9.64 Å². The molecule has 1 heterocycles. The van der Waals surface area contributed by atoms with E-state index in [0.717, 1.165) is 31.9 Å².